The highest BCUT2D eigenvalue weighted by Crippen LogP contribution is 2.12. The van der Waals surface area contributed by atoms with Gasteiger partial charge in [-0.3, -0.25) is 4.79 Å². The molecule has 0 saturated carbocycles. The maximum atomic E-state index is 12.3. The molecule has 0 aliphatic heterocycles. The van der Waals surface area contributed by atoms with Gasteiger partial charge in [-0.05, 0) is 44.9 Å². The van der Waals surface area contributed by atoms with Crippen molar-refractivity contribution in [2.24, 2.45) is 0 Å². The fourth-order valence-corrected chi connectivity index (χ4v) is 5.07. The predicted molar refractivity (Wildman–Crippen MR) is 185 cm³/mol. The molecule has 0 aromatic carbocycles. The van der Waals surface area contributed by atoms with Crippen LogP contribution in [-0.4, -0.2) is 46.1 Å². The van der Waals surface area contributed by atoms with E-state index in [0.29, 0.717) is 12.8 Å². The van der Waals surface area contributed by atoms with E-state index < -0.39 is 18.2 Å². The standard InChI is InChI=1S/C38H69NO4/c1-3-5-7-9-11-13-15-17-19-21-23-25-27-30-35(41)31-29-33-38(43)39-36(34-40)37(42)32-28-26-24-22-20-18-16-14-12-10-8-6-4-2/h17,19,23,25,27-28,30,32,35-37,40-42H,3-16,18,20-22,24,26,29,31,33-34H2,1-2H3,(H,39,43)/b19-17+,25-23+,30-27+,32-28+/t35?,36-,37+/m0/s1. The minimum absolute atomic E-state index is 0.222. The number of carbonyl (C=O) groups is 1. The van der Waals surface area contributed by atoms with E-state index in [-0.39, 0.29) is 18.9 Å². The molecule has 0 bridgehead atoms. The Morgan fingerprint density at radius 2 is 1.16 bits per heavy atom. The van der Waals surface area contributed by atoms with Gasteiger partial charge in [0.1, 0.15) is 0 Å². The zero-order valence-electron chi connectivity index (χ0n) is 28.1. The minimum atomic E-state index is -0.910. The van der Waals surface area contributed by atoms with Crippen molar-refractivity contribution < 1.29 is 20.1 Å². The summed E-state index contributed by atoms with van der Waals surface area (Å²) in [5, 5.41) is 32.9. The summed E-state index contributed by atoms with van der Waals surface area (Å²) >= 11 is 0. The lowest BCUT2D eigenvalue weighted by molar-refractivity contribution is -0.123. The van der Waals surface area contributed by atoms with Crippen molar-refractivity contribution in [2.75, 3.05) is 6.61 Å². The highest BCUT2D eigenvalue weighted by atomic mass is 16.3. The number of aliphatic hydroxyl groups is 3. The van der Waals surface area contributed by atoms with Gasteiger partial charge in [0.25, 0.3) is 0 Å². The second-order valence-electron chi connectivity index (χ2n) is 12.1. The average molecular weight is 604 g/mol. The number of amides is 1. The number of unbranched alkanes of at least 4 members (excludes halogenated alkanes) is 17. The number of rotatable bonds is 31. The van der Waals surface area contributed by atoms with Gasteiger partial charge in [0.15, 0.2) is 0 Å². The SMILES string of the molecule is CCCCCCCC/C=C/C/C=C/C=C/C(O)CCCC(=O)N[C@@H](CO)[C@H](O)/C=C/CCCCCCCCCCCCC. The Morgan fingerprint density at radius 1 is 0.628 bits per heavy atom. The summed E-state index contributed by atoms with van der Waals surface area (Å²) in [4.78, 5) is 12.3. The van der Waals surface area contributed by atoms with Gasteiger partial charge in [-0.2, -0.15) is 0 Å². The third-order valence-electron chi connectivity index (χ3n) is 7.91. The summed E-state index contributed by atoms with van der Waals surface area (Å²) in [5.41, 5.74) is 0. The summed E-state index contributed by atoms with van der Waals surface area (Å²) in [7, 11) is 0. The van der Waals surface area contributed by atoms with E-state index >= 15 is 0 Å². The van der Waals surface area contributed by atoms with Crippen LogP contribution in [0.15, 0.2) is 48.6 Å². The van der Waals surface area contributed by atoms with E-state index in [1.807, 2.05) is 18.2 Å². The third-order valence-corrected chi connectivity index (χ3v) is 7.91. The van der Waals surface area contributed by atoms with Crippen molar-refractivity contribution in [3.8, 4) is 0 Å². The van der Waals surface area contributed by atoms with Crippen LogP contribution in [0, 0.1) is 0 Å². The summed E-state index contributed by atoms with van der Waals surface area (Å²) in [6.07, 6.45) is 40.7. The topological polar surface area (TPSA) is 89.8 Å². The van der Waals surface area contributed by atoms with Crippen LogP contribution in [0.2, 0.25) is 0 Å². The number of hydrogen-bond acceptors (Lipinski definition) is 4. The zero-order valence-corrected chi connectivity index (χ0v) is 28.1. The first-order valence-electron chi connectivity index (χ1n) is 18.0. The van der Waals surface area contributed by atoms with E-state index in [0.717, 1.165) is 25.7 Å². The Morgan fingerprint density at radius 3 is 1.72 bits per heavy atom. The number of hydrogen-bond donors (Lipinski definition) is 4. The minimum Gasteiger partial charge on any atom is -0.394 e. The molecule has 250 valence electrons. The molecule has 0 heterocycles. The Kier molecular flexibility index (Phi) is 31.9. The molecular formula is C38H69NO4. The van der Waals surface area contributed by atoms with Gasteiger partial charge in [0.05, 0.1) is 24.9 Å². The first-order chi connectivity index (χ1) is 21.0. The van der Waals surface area contributed by atoms with Crippen molar-refractivity contribution >= 4 is 5.91 Å². The molecule has 1 amide bonds. The lowest BCUT2D eigenvalue weighted by Crippen LogP contribution is -2.45. The molecule has 0 saturated heterocycles. The van der Waals surface area contributed by atoms with Crippen molar-refractivity contribution in [3.63, 3.8) is 0 Å². The lowest BCUT2D eigenvalue weighted by atomic mass is 10.0. The van der Waals surface area contributed by atoms with E-state index in [9.17, 15) is 20.1 Å². The van der Waals surface area contributed by atoms with E-state index in [1.54, 1.807) is 12.2 Å². The quantitative estimate of drug-likeness (QED) is 0.0361. The summed E-state index contributed by atoms with van der Waals surface area (Å²) in [6, 6.07) is -0.712. The maximum Gasteiger partial charge on any atom is 0.220 e. The fraction of sp³-hybridized carbons (Fsp3) is 0.763. The van der Waals surface area contributed by atoms with Crippen LogP contribution in [0.5, 0.6) is 0 Å². The Bertz CT molecular complexity index is 715. The van der Waals surface area contributed by atoms with Crippen molar-refractivity contribution in [1.29, 1.82) is 0 Å². The number of carbonyl (C=O) groups excluding carboxylic acids is 1. The molecular weight excluding hydrogens is 534 g/mol. The molecule has 0 aromatic heterocycles. The maximum absolute atomic E-state index is 12.3. The molecule has 0 aromatic rings. The number of nitrogens with one attached hydrogen (secondary N) is 1. The molecule has 0 spiro atoms. The van der Waals surface area contributed by atoms with Crippen LogP contribution in [0.25, 0.3) is 0 Å². The highest BCUT2D eigenvalue weighted by molar-refractivity contribution is 5.76. The van der Waals surface area contributed by atoms with Gasteiger partial charge in [0.2, 0.25) is 5.91 Å². The van der Waals surface area contributed by atoms with Crippen LogP contribution in [0.4, 0.5) is 0 Å². The van der Waals surface area contributed by atoms with E-state index in [4.69, 9.17) is 0 Å². The molecule has 3 atom stereocenters. The largest absolute Gasteiger partial charge is 0.394 e. The average Bonchev–Trinajstić information content (AvgIpc) is 3.00. The first-order valence-corrected chi connectivity index (χ1v) is 18.0. The van der Waals surface area contributed by atoms with Gasteiger partial charge in [-0.1, -0.05) is 159 Å². The molecule has 1 unspecified atom stereocenters. The molecule has 0 radical (unpaired) electrons. The summed E-state index contributed by atoms with van der Waals surface area (Å²) < 4.78 is 0. The van der Waals surface area contributed by atoms with Gasteiger partial charge >= 0.3 is 0 Å². The molecule has 43 heavy (non-hydrogen) atoms. The first kappa shape index (κ1) is 41.3. The van der Waals surface area contributed by atoms with Crippen LogP contribution >= 0.6 is 0 Å². The molecule has 0 aliphatic carbocycles. The monoisotopic (exact) mass is 604 g/mol. The van der Waals surface area contributed by atoms with Gasteiger partial charge in [0, 0.05) is 6.42 Å². The van der Waals surface area contributed by atoms with E-state index in [1.165, 1.54) is 103 Å². The highest BCUT2D eigenvalue weighted by Gasteiger charge is 2.18. The predicted octanol–water partition coefficient (Wildman–Crippen LogP) is 9.42. The van der Waals surface area contributed by atoms with Crippen LogP contribution in [-0.2, 0) is 4.79 Å². The lowest BCUT2D eigenvalue weighted by Gasteiger charge is -2.20. The fourth-order valence-electron chi connectivity index (χ4n) is 5.07. The van der Waals surface area contributed by atoms with Gasteiger partial charge in [-0.15, -0.1) is 0 Å². The molecule has 5 heteroatoms. The molecule has 4 N–H and O–H groups in total. The van der Waals surface area contributed by atoms with Gasteiger partial charge in [-0.25, -0.2) is 0 Å². The molecule has 0 fully saturated rings. The van der Waals surface area contributed by atoms with E-state index in [2.05, 4.69) is 37.4 Å². The van der Waals surface area contributed by atoms with Crippen molar-refractivity contribution in [3.05, 3.63) is 48.6 Å². The van der Waals surface area contributed by atoms with Crippen molar-refractivity contribution in [1.82, 2.24) is 5.32 Å². The Balaban J connectivity index is 3.88. The zero-order chi connectivity index (χ0) is 31.6. The van der Waals surface area contributed by atoms with Crippen LogP contribution in [0.3, 0.4) is 0 Å². The second kappa shape index (κ2) is 33.2. The smallest absolute Gasteiger partial charge is 0.220 e. The molecule has 0 rings (SSSR count). The summed E-state index contributed by atoms with van der Waals surface area (Å²) in [5.74, 6) is -0.222. The second-order valence-corrected chi connectivity index (χ2v) is 12.1. The van der Waals surface area contributed by atoms with Gasteiger partial charge < -0.3 is 20.6 Å². The number of allylic oxidation sites excluding steroid dienone is 6. The molecule has 0 aliphatic rings. The molecule has 5 nitrogen and oxygen atoms in total. The van der Waals surface area contributed by atoms with Crippen molar-refractivity contribution in [2.45, 2.75) is 180 Å². The number of aliphatic hydroxyl groups excluding tert-OH is 3. The Hall–Kier alpha value is -1.69. The Labute approximate surface area is 266 Å². The summed E-state index contributed by atoms with van der Waals surface area (Å²) in [6.45, 7) is 4.18. The van der Waals surface area contributed by atoms with Crippen LogP contribution in [0.1, 0.15) is 162 Å². The third kappa shape index (κ3) is 30.1. The normalized spacial score (nSPS) is 14.4. The van der Waals surface area contributed by atoms with Crippen LogP contribution < -0.4 is 5.32 Å².